The number of nitrogens with zero attached hydrogens (tertiary/aromatic N) is 3. The number of hydrogen-bond donors (Lipinski definition) is 2. The Morgan fingerprint density at radius 1 is 1.50 bits per heavy atom. The Balaban J connectivity index is 1.35. The van der Waals surface area contributed by atoms with Crippen LogP contribution in [0.5, 0.6) is 0 Å². The molecule has 1 aliphatic rings. The average molecular weight is 452 g/mol. The number of imidazole rings is 1. The number of carbonyl (C=O) groups excluding carboxylic acids is 2. The summed E-state index contributed by atoms with van der Waals surface area (Å²) in [7, 11) is 1.86. The van der Waals surface area contributed by atoms with Gasteiger partial charge in [-0.3, -0.25) is 4.79 Å². The summed E-state index contributed by atoms with van der Waals surface area (Å²) in [6.07, 6.45) is 8.85. The quantitative estimate of drug-likeness (QED) is 0.554. The van der Waals surface area contributed by atoms with Gasteiger partial charge >= 0.3 is 6.09 Å². The first-order chi connectivity index (χ1) is 15.5. The van der Waals surface area contributed by atoms with E-state index in [4.69, 9.17) is 9.15 Å². The summed E-state index contributed by atoms with van der Waals surface area (Å²) < 4.78 is 12.5. The van der Waals surface area contributed by atoms with Gasteiger partial charge in [0.15, 0.2) is 0 Å². The molecule has 0 saturated carbocycles. The Hall–Kier alpha value is -3.84. The number of aromatic nitrogens is 2. The van der Waals surface area contributed by atoms with Gasteiger partial charge in [0, 0.05) is 30.6 Å². The van der Waals surface area contributed by atoms with Crippen LogP contribution in [0.2, 0.25) is 0 Å². The van der Waals surface area contributed by atoms with Crippen LogP contribution >= 0.6 is 11.3 Å². The van der Waals surface area contributed by atoms with E-state index in [0.29, 0.717) is 35.6 Å². The van der Waals surface area contributed by atoms with Gasteiger partial charge in [0.25, 0.3) is 0 Å². The van der Waals surface area contributed by atoms with Gasteiger partial charge in [-0.25, -0.2) is 9.78 Å². The SMILES string of the molecule is Cn1cnc(CNC(=O)OC2CCc3c(sc(NC(=O)/C=C/c4ccco4)c3C#N)C2)c1. The fourth-order valence-corrected chi connectivity index (χ4v) is 4.74. The van der Waals surface area contributed by atoms with Crippen LogP contribution in [0.1, 0.15) is 33.9 Å². The van der Waals surface area contributed by atoms with Crippen molar-refractivity contribution >= 4 is 34.4 Å². The van der Waals surface area contributed by atoms with E-state index in [1.54, 1.807) is 29.1 Å². The van der Waals surface area contributed by atoms with Crippen LogP contribution in [0.3, 0.4) is 0 Å². The molecule has 1 aliphatic carbocycles. The minimum absolute atomic E-state index is 0.289. The Kier molecular flexibility index (Phi) is 6.37. The van der Waals surface area contributed by atoms with E-state index in [1.807, 2.05) is 13.2 Å². The lowest BCUT2D eigenvalue weighted by Gasteiger charge is -2.22. The third-order valence-electron chi connectivity index (χ3n) is 4.96. The first-order valence-electron chi connectivity index (χ1n) is 10.0. The van der Waals surface area contributed by atoms with Crippen molar-refractivity contribution in [2.45, 2.75) is 31.9 Å². The molecule has 164 valence electrons. The fraction of sp³-hybridized carbons (Fsp3) is 0.273. The maximum absolute atomic E-state index is 12.3. The molecule has 0 spiro atoms. The molecule has 3 heterocycles. The number of thiophene rings is 1. The molecule has 10 heteroatoms. The molecular formula is C22H21N5O4S. The van der Waals surface area contributed by atoms with E-state index in [1.165, 1.54) is 23.7 Å². The number of aryl methyl sites for hydroxylation is 1. The number of anilines is 1. The van der Waals surface area contributed by atoms with Crippen molar-refractivity contribution < 1.29 is 18.7 Å². The standard InChI is InChI=1S/C22H21N5O4S/c1-27-12-14(25-13-27)11-24-22(29)31-16-4-6-17-18(10-23)21(32-19(17)9-16)26-20(28)7-5-15-3-2-8-30-15/h2-3,5,7-8,12-13,16H,4,6,9,11H2,1H3,(H,24,29)(H,26,28)/b7-5+. The van der Waals surface area contributed by atoms with Crippen molar-refractivity contribution in [3.63, 3.8) is 0 Å². The maximum Gasteiger partial charge on any atom is 0.407 e. The summed E-state index contributed by atoms with van der Waals surface area (Å²) in [5.41, 5.74) is 2.13. The topological polar surface area (TPSA) is 122 Å². The average Bonchev–Trinajstić information content (AvgIpc) is 3.50. The number of nitrogens with one attached hydrogen (secondary N) is 2. The lowest BCUT2D eigenvalue weighted by atomic mass is 9.94. The molecule has 2 N–H and O–H groups in total. The number of rotatable bonds is 6. The predicted molar refractivity (Wildman–Crippen MR) is 118 cm³/mol. The number of amides is 2. The number of furan rings is 1. The molecule has 0 aromatic carbocycles. The minimum atomic E-state index is -0.502. The van der Waals surface area contributed by atoms with Crippen molar-refractivity contribution in [2.24, 2.45) is 7.05 Å². The van der Waals surface area contributed by atoms with Gasteiger partial charge in [0.1, 0.15) is 22.9 Å². The van der Waals surface area contributed by atoms with Crippen LogP contribution in [-0.2, 0) is 36.0 Å². The van der Waals surface area contributed by atoms with E-state index < -0.39 is 6.09 Å². The van der Waals surface area contributed by atoms with Crippen LogP contribution in [0.4, 0.5) is 9.80 Å². The molecule has 3 aromatic heterocycles. The molecule has 0 radical (unpaired) electrons. The van der Waals surface area contributed by atoms with Gasteiger partial charge < -0.3 is 24.4 Å². The highest BCUT2D eigenvalue weighted by molar-refractivity contribution is 7.16. The van der Waals surface area contributed by atoms with Crippen LogP contribution < -0.4 is 10.6 Å². The highest BCUT2D eigenvalue weighted by Gasteiger charge is 2.28. The molecule has 1 atom stereocenters. The first-order valence-corrected chi connectivity index (χ1v) is 10.8. The lowest BCUT2D eigenvalue weighted by Crippen LogP contribution is -2.31. The Morgan fingerprint density at radius 2 is 2.38 bits per heavy atom. The predicted octanol–water partition coefficient (Wildman–Crippen LogP) is 3.38. The lowest BCUT2D eigenvalue weighted by molar-refractivity contribution is -0.111. The highest BCUT2D eigenvalue weighted by atomic mass is 32.1. The molecular weight excluding hydrogens is 430 g/mol. The second kappa shape index (κ2) is 9.53. The summed E-state index contributed by atoms with van der Waals surface area (Å²) in [4.78, 5) is 29.5. The van der Waals surface area contributed by atoms with E-state index in [9.17, 15) is 14.9 Å². The van der Waals surface area contributed by atoms with Crippen molar-refractivity contribution in [1.82, 2.24) is 14.9 Å². The van der Waals surface area contributed by atoms with E-state index in [0.717, 1.165) is 16.1 Å². The van der Waals surface area contributed by atoms with Gasteiger partial charge in [0.2, 0.25) is 5.91 Å². The Labute approximate surface area is 188 Å². The van der Waals surface area contributed by atoms with Crippen molar-refractivity contribution in [2.75, 3.05) is 5.32 Å². The zero-order valence-corrected chi connectivity index (χ0v) is 18.1. The first kappa shape index (κ1) is 21.4. The normalized spacial score (nSPS) is 15.2. The smallest absolute Gasteiger partial charge is 0.407 e. The summed E-state index contributed by atoms with van der Waals surface area (Å²) in [6, 6.07) is 5.67. The fourth-order valence-electron chi connectivity index (χ4n) is 3.47. The van der Waals surface area contributed by atoms with Gasteiger partial charge in [-0.2, -0.15) is 5.26 Å². The van der Waals surface area contributed by atoms with Crippen molar-refractivity contribution in [3.8, 4) is 6.07 Å². The number of nitriles is 1. The summed E-state index contributed by atoms with van der Waals surface area (Å²) in [5.74, 6) is 0.214. The van der Waals surface area contributed by atoms with E-state index in [2.05, 4.69) is 21.7 Å². The van der Waals surface area contributed by atoms with Gasteiger partial charge in [0.05, 0.1) is 30.4 Å². The summed E-state index contributed by atoms with van der Waals surface area (Å²) in [5, 5.41) is 15.6. The second-order valence-electron chi connectivity index (χ2n) is 7.31. The van der Waals surface area contributed by atoms with Gasteiger partial charge in [-0.15, -0.1) is 11.3 Å². The van der Waals surface area contributed by atoms with Crippen LogP contribution in [-0.4, -0.2) is 27.7 Å². The summed E-state index contributed by atoms with van der Waals surface area (Å²) in [6.45, 7) is 0.289. The van der Waals surface area contributed by atoms with Crippen molar-refractivity contribution in [3.05, 3.63) is 64.5 Å². The van der Waals surface area contributed by atoms with E-state index >= 15 is 0 Å². The number of hydrogen-bond acceptors (Lipinski definition) is 7. The minimum Gasteiger partial charge on any atom is -0.465 e. The Morgan fingerprint density at radius 3 is 3.09 bits per heavy atom. The van der Waals surface area contributed by atoms with Crippen LogP contribution in [0, 0.1) is 11.3 Å². The summed E-state index contributed by atoms with van der Waals surface area (Å²) >= 11 is 1.35. The van der Waals surface area contributed by atoms with Crippen molar-refractivity contribution in [1.29, 1.82) is 5.26 Å². The third-order valence-corrected chi connectivity index (χ3v) is 6.13. The molecule has 0 fully saturated rings. The number of carbonyl (C=O) groups is 2. The molecule has 9 nitrogen and oxygen atoms in total. The van der Waals surface area contributed by atoms with Gasteiger partial charge in [-0.05, 0) is 36.6 Å². The van der Waals surface area contributed by atoms with E-state index in [-0.39, 0.29) is 18.6 Å². The molecule has 1 unspecified atom stereocenters. The number of alkyl carbamates (subject to hydrolysis) is 1. The molecule has 3 aromatic rings. The zero-order chi connectivity index (χ0) is 22.5. The highest BCUT2D eigenvalue weighted by Crippen LogP contribution is 2.38. The molecule has 2 amide bonds. The largest absolute Gasteiger partial charge is 0.465 e. The monoisotopic (exact) mass is 451 g/mol. The van der Waals surface area contributed by atoms with Crippen LogP contribution in [0.25, 0.3) is 6.08 Å². The molecule has 0 bridgehead atoms. The second-order valence-corrected chi connectivity index (χ2v) is 8.42. The maximum atomic E-state index is 12.3. The molecule has 32 heavy (non-hydrogen) atoms. The molecule has 4 rings (SSSR count). The number of ether oxygens (including phenoxy) is 1. The molecule has 0 aliphatic heterocycles. The molecule has 0 saturated heterocycles. The van der Waals surface area contributed by atoms with Gasteiger partial charge in [-0.1, -0.05) is 0 Å². The third kappa shape index (κ3) is 5.07. The zero-order valence-electron chi connectivity index (χ0n) is 17.3. The van der Waals surface area contributed by atoms with Crippen LogP contribution in [0.15, 0.2) is 41.4 Å². The number of fused-ring (bicyclic) bond motifs is 1. The Bertz CT molecular complexity index is 1190.